The zero-order valence-electron chi connectivity index (χ0n) is 16.5. The largest absolute Gasteiger partial charge is 0.479 e. The average molecular weight is 380 g/mol. The quantitative estimate of drug-likeness (QED) is 0.756. The van der Waals surface area contributed by atoms with Gasteiger partial charge in [-0.25, -0.2) is 4.79 Å². The third kappa shape index (κ3) is 4.91. The molecule has 1 aliphatic rings. The van der Waals surface area contributed by atoms with E-state index in [1.807, 2.05) is 57.2 Å². The van der Waals surface area contributed by atoms with E-state index in [-0.39, 0.29) is 18.6 Å². The number of aryl methyl sites for hydroxylation is 2. The summed E-state index contributed by atoms with van der Waals surface area (Å²) in [6, 6.07) is 11.0. The Labute approximate surface area is 164 Å². The summed E-state index contributed by atoms with van der Waals surface area (Å²) in [7, 11) is 0. The number of carbonyl (C=O) groups excluding carboxylic acids is 2. The first-order valence-electron chi connectivity index (χ1n) is 9.04. The highest BCUT2D eigenvalue weighted by Crippen LogP contribution is 2.33. The van der Waals surface area contributed by atoms with Crippen molar-refractivity contribution in [2.75, 3.05) is 17.2 Å². The van der Waals surface area contributed by atoms with Crippen LogP contribution in [-0.2, 0) is 9.53 Å². The Bertz CT molecular complexity index is 931. The molecule has 1 aliphatic heterocycles. The molecular formula is C22H24N2O4. The van der Waals surface area contributed by atoms with Gasteiger partial charge in [-0.1, -0.05) is 12.1 Å². The van der Waals surface area contributed by atoms with E-state index in [9.17, 15) is 9.59 Å². The van der Waals surface area contributed by atoms with Crippen LogP contribution in [0.5, 0.6) is 5.75 Å². The van der Waals surface area contributed by atoms with Crippen LogP contribution in [0.15, 0.2) is 42.5 Å². The summed E-state index contributed by atoms with van der Waals surface area (Å²) in [5.41, 5.74) is 3.69. The van der Waals surface area contributed by atoms with Crippen molar-refractivity contribution >= 4 is 29.5 Å². The number of urea groups is 1. The zero-order valence-corrected chi connectivity index (χ0v) is 16.5. The van der Waals surface area contributed by atoms with E-state index in [0.717, 1.165) is 22.4 Å². The van der Waals surface area contributed by atoms with Gasteiger partial charge in [0.15, 0.2) is 5.60 Å². The summed E-state index contributed by atoms with van der Waals surface area (Å²) >= 11 is 0. The number of amides is 2. The monoisotopic (exact) mass is 380 g/mol. The van der Waals surface area contributed by atoms with Crippen molar-refractivity contribution in [2.45, 2.75) is 33.3 Å². The second-order valence-corrected chi connectivity index (χ2v) is 7.24. The van der Waals surface area contributed by atoms with Crippen LogP contribution >= 0.6 is 0 Å². The first-order valence-corrected chi connectivity index (χ1v) is 9.04. The lowest BCUT2D eigenvalue weighted by atomic mass is 10.0. The molecule has 0 saturated heterocycles. The number of anilines is 2. The van der Waals surface area contributed by atoms with Gasteiger partial charge in [0.2, 0.25) is 0 Å². The van der Waals surface area contributed by atoms with E-state index in [2.05, 4.69) is 10.6 Å². The number of carbonyl (C=O) groups is 2. The molecule has 146 valence electrons. The van der Waals surface area contributed by atoms with Gasteiger partial charge in [-0.3, -0.25) is 4.79 Å². The highest BCUT2D eigenvalue weighted by Gasteiger charge is 2.29. The SMILES string of the molecule is CC(=O)OCC1(C)C=Cc2cc(NC(=O)Nc3cc(C)cc(C)c3)ccc2O1. The molecule has 1 unspecified atom stereocenters. The molecule has 0 aliphatic carbocycles. The summed E-state index contributed by atoms with van der Waals surface area (Å²) in [6.45, 7) is 7.32. The molecule has 0 aromatic heterocycles. The van der Waals surface area contributed by atoms with Gasteiger partial charge < -0.3 is 20.1 Å². The van der Waals surface area contributed by atoms with Crippen LogP contribution < -0.4 is 15.4 Å². The fourth-order valence-electron chi connectivity index (χ4n) is 3.06. The predicted octanol–water partition coefficient (Wildman–Crippen LogP) is 4.67. The van der Waals surface area contributed by atoms with Crippen molar-refractivity contribution in [3.63, 3.8) is 0 Å². The predicted molar refractivity (Wildman–Crippen MR) is 110 cm³/mol. The standard InChI is InChI=1S/C22H24N2O4/c1-14-9-15(2)11-19(10-14)24-21(26)23-18-5-6-20-17(12-18)7-8-22(4,28-20)13-27-16(3)25/h5-12H,13H2,1-4H3,(H2,23,24,26). The molecule has 6 nitrogen and oxygen atoms in total. The fourth-order valence-corrected chi connectivity index (χ4v) is 3.06. The molecule has 1 heterocycles. The maximum atomic E-state index is 12.3. The van der Waals surface area contributed by atoms with Gasteiger partial charge >= 0.3 is 12.0 Å². The van der Waals surface area contributed by atoms with Gasteiger partial charge in [-0.15, -0.1) is 0 Å². The molecule has 2 aromatic carbocycles. The van der Waals surface area contributed by atoms with Gasteiger partial charge in [0.1, 0.15) is 12.4 Å². The number of benzene rings is 2. The number of esters is 1. The normalized spacial score (nSPS) is 17.3. The smallest absolute Gasteiger partial charge is 0.323 e. The first kappa shape index (κ1) is 19.5. The molecule has 0 bridgehead atoms. The van der Waals surface area contributed by atoms with E-state index >= 15 is 0 Å². The van der Waals surface area contributed by atoms with E-state index in [0.29, 0.717) is 11.4 Å². The third-order valence-corrected chi connectivity index (χ3v) is 4.27. The van der Waals surface area contributed by atoms with Gasteiger partial charge in [0.05, 0.1) is 0 Å². The second-order valence-electron chi connectivity index (χ2n) is 7.24. The van der Waals surface area contributed by atoms with Crippen LogP contribution in [0.4, 0.5) is 16.2 Å². The average Bonchev–Trinajstić information content (AvgIpc) is 2.59. The van der Waals surface area contributed by atoms with Crippen molar-refractivity contribution in [2.24, 2.45) is 0 Å². The number of hydrogen-bond acceptors (Lipinski definition) is 4. The van der Waals surface area contributed by atoms with Crippen LogP contribution in [0.1, 0.15) is 30.5 Å². The Morgan fingerprint density at radius 3 is 2.39 bits per heavy atom. The Balaban J connectivity index is 1.67. The lowest BCUT2D eigenvalue weighted by Crippen LogP contribution is -2.37. The topological polar surface area (TPSA) is 76.7 Å². The molecule has 28 heavy (non-hydrogen) atoms. The van der Waals surface area contributed by atoms with Crippen molar-refractivity contribution in [1.29, 1.82) is 0 Å². The molecule has 0 fully saturated rings. The molecule has 2 aromatic rings. The number of ether oxygens (including phenoxy) is 2. The molecule has 0 spiro atoms. The minimum absolute atomic E-state index is 0.136. The molecule has 0 saturated carbocycles. The van der Waals surface area contributed by atoms with Crippen molar-refractivity contribution in [1.82, 2.24) is 0 Å². The Kier molecular flexibility index (Phi) is 5.40. The molecular weight excluding hydrogens is 356 g/mol. The molecule has 1 atom stereocenters. The minimum Gasteiger partial charge on any atom is -0.479 e. The molecule has 2 N–H and O–H groups in total. The van der Waals surface area contributed by atoms with Crippen molar-refractivity contribution in [3.8, 4) is 5.75 Å². The summed E-state index contributed by atoms with van der Waals surface area (Å²) in [4.78, 5) is 23.3. The van der Waals surface area contributed by atoms with Gasteiger partial charge in [-0.2, -0.15) is 0 Å². The van der Waals surface area contributed by atoms with Crippen LogP contribution in [0, 0.1) is 13.8 Å². The third-order valence-electron chi connectivity index (χ3n) is 4.27. The Morgan fingerprint density at radius 2 is 1.71 bits per heavy atom. The molecule has 0 radical (unpaired) electrons. The highest BCUT2D eigenvalue weighted by molar-refractivity contribution is 6.00. The van der Waals surface area contributed by atoms with Crippen molar-refractivity contribution < 1.29 is 19.1 Å². The lowest BCUT2D eigenvalue weighted by molar-refractivity contribution is -0.145. The highest BCUT2D eigenvalue weighted by atomic mass is 16.6. The summed E-state index contributed by atoms with van der Waals surface area (Å²) < 4.78 is 11.0. The van der Waals surface area contributed by atoms with E-state index in [4.69, 9.17) is 9.47 Å². The van der Waals surface area contributed by atoms with Gasteiger partial charge in [-0.05, 0) is 68.3 Å². The van der Waals surface area contributed by atoms with Crippen LogP contribution in [0.2, 0.25) is 0 Å². The summed E-state index contributed by atoms with van der Waals surface area (Å²) in [6.07, 6.45) is 3.74. The minimum atomic E-state index is -0.714. The first-order chi connectivity index (χ1) is 13.2. The van der Waals surface area contributed by atoms with Crippen molar-refractivity contribution in [3.05, 3.63) is 59.2 Å². The van der Waals surface area contributed by atoms with Gasteiger partial charge in [0, 0.05) is 23.9 Å². The maximum Gasteiger partial charge on any atom is 0.323 e. The van der Waals surface area contributed by atoms with Crippen LogP contribution in [0.3, 0.4) is 0 Å². The number of hydrogen-bond donors (Lipinski definition) is 2. The number of nitrogens with one attached hydrogen (secondary N) is 2. The molecule has 2 amide bonds. The van der Waals surface area contributed by atoms with Gasteiger partial charge in [0.25, 0.3) is 0 Å². The fraction of sp³-hybridized carbons (Fsp3) is 0.273. The maximum absolute atomic E-state index is 12.3. The lowest BCUT2D eigenvalue weighted by Gasteiger charge is -2.31. The Morgan fingerprint density at radius 1 is 1.04 bits per heavy atom. The second kappa shape index (κ2) is 7.76. The number of fused-ring (bicyclic) bond motifs is 1. The van der Waals surface area contributed by atoms with Crippen LogP contribution in [-0.4, -0.2) is 24.2 Å². The summed E-state index contributed by atoms with van der Waals surface area (Å²) in [5.74, 6) is 0.316. The summed E-state index contributed by atoms with van der Waals surface area (Å²) in [5, 5.41) is 5.68. The van der Waals surface area contributed by atoms with E-state index in [1.165, 1.54) is 6.92 Å². The van der Waals surface area contributed by atoms with Crippen LogP contribution in [0.25, 0.3) is 6.08 Å². The molecule has 3 rings (SSSR count). The number of rotatable bonds is 4. The Hall–Kier alpha value is -3.28. The molecule has 6 heteroatoms. The van der Waals surface area contributed by atoms with E-state index < -0.39 is 5.60 Å². The zero-order chi connectivity index (χ0) is 20.3. The van der Waals surface area contributed by atoms with E-state index in [1.54, 1.807) is 12.1 Å².